The van der Waals surface area contributed by atoms with Crippen LogP contribution in [0.2, 0.25) is 10.0 Å². The zero-order chi connectivity index (χ0) is 24.0. The lowest BCUT2D eigenvalue weighted by Gasteiger charge is -2.22. The van der Waals surface area contributed by atoms with Crippen molar-refractivity contribution in [1.29, 1.82) is 0 Å². The zero-order valence-electron chi connectivity index (χ0n) is 17.1. The molecule has 0 aromatic heterocycles. The number of aliphatic carboxylic acids is 1. The minimum absolute atomic E-state index is 0.220. The largest absolute Gasteiger partial charge is 0.481 e. The first-order chi connectivity index (χ1) is 15.7. The number of esters is 1. The van der Waals surface area contributed by atoms with Crippen LogP contribution in [0.25, 0.3) is 0 Å². The van der Waals surface area contributed by atoms with Gasteiger partial charge in [0.15, 0.2) is 12.2 Å². The maximum atomic E-state index is 13.0. The number of carboxylic acids is 1. The molecule has 1 unspecified atom stereocenters. The Labute approximate surface area is 203 Å². The van der Waals surface area contributed by atoms with Gasteiger partial charge in [-0.2, -0.15) is 0 Å². The molecule has 1 fully saturated rings. The molecule has 3 amide bonds. The van der Waals surface area contributed by atoms with Gasteiger partial charge < -0.3 is 15.2 Å². The zero-order valence-corrected chi connectivity index (χ0v) is 19.4. The molecule has 1 saturated heterocycles. The Morgan fingerprint density at radius 1 is 1.00 bits per heavy atom. The molecule has 33 heavy (non-hydrogen) atoms. The van der Waals surface area contributed by atoms with E-state index in [0.29, 0.717) is 15.6 Å². The Bertz CT molecular complexity index is 1040. The Morgan fingerprint density at radius 2 is 1.61 bits per heavy atom. The number of halogens is 2. The molecule has 12 heteroatoms. The minimum atomic E-state index is -1.14. The number of carbonyl (C=O) groups excluding carboxylic acids is 3. The predicted octanol–water partition coefficient (Wildman–Crippen LogP) is 3.96. The van der Waals surface area contributed by atoms with Crippen LogP contribution in [0, 0.1) is 0 Å². The molecule has 0 aliphatic carbocycles. The van der Waals surface area contributed by atoms with E-state index in [1.54, 1.807) is 48.5 Å². The smallest absolute Gasteiger partial charge is 0.335 e. The Kier molecular flexibility index (Phi) is 8.43. The Morgan fingerprint density at radius 3 is 2.21 bits per heavy atom. The highest BCUT2D eigenvalue weighted by Crippen LogP contribution is 2.31. The maximum Gasteiger partial charge on any atom is 0.335 e. The number of carboxylic acid groups (broad SMARTS) is 1. The lowest BCUT2D eigenvalue weighted by Crippen LogP contribution is -2.46. The number of ether oxygens (including phenoxy) is 1. The van der Waals surface area contributed by atoms with Gasteiger partial charge in [-0.3, -0.25) is 23.6 Å². The summed E-state index contributed by atoms with van der Waals surface area (Å²) in [6.45, 7) is -0.232. The molecule has 2 aromatic rings. The van der Waals surface area contributed by atoms with Gasteiger partial charge in [-0.1, -0.05) is 35.3 Å². The third kappa shape index (κ3) is 7.01. The van der Waals surface area contributed by atoms with Crippen molar-refractivity contribution in [2.75, 3.05) is 6.73 Å². The number of carbonyl (C=O) groups is 4. The summed E-state index contributed by atoms with van der Waals surface area (Å²) in [4.78, 5) is 49.3. The summed E-state index contributed by atoms with van der Waals surface area (Å²) in [6, 6.07) is 12.7. The quantitative estimate of drug-likeness (QED) is 0.386. The first kappa shape index (κ1) is 24.7. The van der Waals surface area contributed by atoms with Crippen LogP contribution in [-0.4, -0.2) is 50.4 Å². The van der Waals surface area contributed by atoms with E-state index >= 15 is 0 Å². The SMILES string of the molecule is O=C(O)CCC(=O)OCN1C(=O)N(Cc2ccc(Cl)cc2)SC1NC(=O)c1ccc(Cl)cc1. The topological polar surface area (TPSA) is 116 Å². The van der Waals surface area contributed by atoms with Crippen LogP contribution in [0.4, 0.5) is 4.79 Å². The van der Waals surface area contributed by atoms with E-state index in [1.165, 1.54) is 9.21 Å². The third-order valence-corrected chi connectivity index (χ3v) is 6.09. The van der Waals surface area contributed by atoms with E-state index in [-0.39, 0.29) is 19.4 Å². The molecule has 1 aliphatic rings. The molecule has 0 bridgehead atoms. The van der Waals surface area contributed by atoms with Crippen molar-refractivity contribution in [1.82, 2.24) is 14.5 Å². The van der Waals surface area contributed by atoms with Gasteiger partial charge >= 0.3 is 18.0 Å². The van der Waals surface area contributed by atoms with E-state index in [9.17, 15) is 19.2 Å². The molecule has 1 aliphatic heterocycles. The number of hydrogen-bond acceptors (Lipinski definition) is 6. The molecule has 1 heterocycles. The number of rotatable bonds is 9. The van der Waals surface area contributed by atoms with E-state index in [2.05, 4.69) is 5.32 Å². The first-order valence-corrected chi connectivity index (χ1v) is 11.3. The first-order valence-electron chi connectivity index (χ1n) is 9.66. The molecule has 0 saturated carbocycles. The molecule has 0 spiro atoms. The summed E-state index contributed by atoms with van der Waals surface area (Å²) in [5.41, 5.74) is 0.283. The molecule has 3 rings (SSSR count). The average Bonchev–Trinajstić information content (AvgIpc) is 3.06. The number of nitrogens with one attached hydrogen (secondary N) is 1. The second-order valence-corrected chi connectivity index (χ2v) is 8.86. The molecule has 1 atom stereocenters. The Hall–Kier alpha value is -2.95. The predicted molar refractivity (Wildman–Crippen MR) is 122 cm³/mol. The molecule has 2 aromatic carbocycles. The highest BCUT2D eigenvalue weighted by Gasteiger charge is 2.40. The van der Waals surface area contributed by atoms with Crippen molar-refractivity contribution in [3.05, 3.63) is 69.7 Å². The highest BCUT2D eigenvalue weighted by atomic mass is 35.5. The van der Waals surface area contributed by atoms with Crippen LogP contribution in [0.3, 0.4) is 0 Å². The molecule has 2 N–H and O–H groups in total. The number of hydrogen-bond donors (Lipinski definition) is 2. The fourth-order valence-corrected chi connectivity index (χ4v) is 4.11. The van der Waals surface area contributed by atoms with Crippen LogP contribution in [0.15, 0.2) is 48.5 Å². The lowest BCUT2D eigenvalue weighted by atomic mass is 10.2. The molecular weight excluding hydrogens is 493 g/mol. The van der Waals surface area contributed by atoms with Crippen LogP contribution in [0.5, 0.6) is 0 Å². The minimum Gasteiger partial charge on any atom is -0.481 e. The van der Waals surface area contributed by atoms with Gasteiger partial charge in [0.1, 0.15) is 0 Å². The van der Waals surface area contributed by atoms with Gasteiger partial charge in [0.2, 0.25) is 0 Å². The van der Waals surface area contributed by atoms with Gasteiger partial charge in [-0.15, -0.1) is 0 Å². The Balaban J connectivity index is 1.71. The van der Waals surface area contributed by atoms with Gasteiger partial charge in [-0.05, 0) is 42.0 Å². The molecule has 9 nitrogen and oxygen atoms in total. The lowest BCUT2D eigenvalue weighted by molar-refractivity contribution is -0.150. The van der Waals surface area contributed by atoms with Crippen LogP contribution >= 0.6 is 35.1 Å². The van der Waals surface area contributed by atoms with Crippen molar-refractivity contribution >= 4 is 59.0 Å². The fraction of sp³-hybridized carbons (Fsp3) is 0.238. The van der Waals surface area contributed by atoms with Gasteiger partial charge in [0, 0.05) is 27.6 Å². The van der Waals surface area contributed by atoms with Crippen LogP contribution < -0.4 is 5.32 Å². The van der Waals surface area contributed by atoms with E-state index < -0.39 is 36.1 Å². The monoisotopic (exact) mass is 511 g/mol. The van der Waals surface area contributed by atoms with Crippen LogP contribution in [0.1, 0.15) is 28.8 Å². The summed E-state index contributed by atoms with van der Waals surface area (Å²) < 4.78 is 6.49. The van der Waals surface area contributed by atoms with E-state index in [0.717, 1.165) is 17.5 Å². The molecular formula is C21H19Cl2N3O6S. The number of urea groups is 1. The van der Waals surface area contributed by atoms with E-state index in [1.807, 2.05) is 0 Å². The van der Waals surface area contributed by atoms with Crippen molar-refractivity contribution in [3.8, 4) is 0 Å². The second-order valence-electron chi connectivity index (χ2n) is 6.89. The molecule has 0 radical (unpaired) electrons. The standard InChI is InChI=1S/C21H19Cl2N3O6S/c22-15-5-1-13(2-6-15)11-26-21(31)25(12-32-18(29)10-9-17(27)28)20(33-26)24-19(30)14-3-7-16(23)8-4-14/h1-8,20H,9-12H2,(H,24,30)(H,27,28). The second kappa shape index (κ2) is 11.3. The average molecular weight is 512 g/mol. The third-order valence-electron chi connectivity index (χ3n) is 4.48. The normalized spacial score (nSPS) is 15.5. The van der Waals surface area contributed by atoms with Crippen molar-refractivity contribution in [2.24, 2.45) is 0 Å². The van der Waals surface area contributed by atoms with Crippen molar-refractivity contribution < 1.29 is 29.0 Å². The summed E-state index contributed by atoms with van der Waals surface area (Å²) in [6.07, 6.45) is -0.720. The van der Waals surface area contributed by atoms with Crippen LogP contribution in [-0.2, 0) is 20.9 Å². The molecule has 174 valence electrons. The number of benzene rings is 2. The summed E-state index contributed by atoms with van der Waals surface area (Å²) in [5, 5.41) is 12.5. The summed E-state index contributed by atoms with van der Waals surface area (Å²) in [5.74, 6) is -2.36. The summed E-state index contributed by atoms with van der Waals surface area (Å²) in [7, 11) is 0. The fourth-order valence-electron chi connectivity index (χ4n) is 2.77. The maximum absolute atomic E-state index is 13.0. The highest BCUT2D eigenvalue weighted by molar-refractivity contribution is 7.98. The van der Waals surface area contributed by atoms with Crippen molar-refractivity contribution in [2.45, 2.75) is 24.9 Å². The van der Waals surface area contributed by atoms with E-state index in [4.69, 9.17) is 33.0 Å². The van der Waals surface area contributed by atoms with Gasteiger partial charge in [0.05, 0.1) is 19.4 Å². The number of amides is 3. The van der Waals surface area contributed by atoms with Gasteiger partial charge in [0.25, 0.3) is 5.91 Å². The van der Waals surface area contributed by atoms with Crippen molar-refractivity contribution in [3.63, 3.8) is 0 Å². The van der Waals surface area contributed by atoms with Gasteiger partial charge in [-0.25, -0.2) is 4.79 Å². The number of nitrogens with zero attached hydrogens (tertiary/aromatic N) is 2. The summed E-state index contributed by atoms with van der Waals surface area (Å²) >= 11 is 12.8.